The van der Waals surface area contributed by atoms with E-state index >= 15 is 0 Å². The van der Waals surface area contributed by atoms with Crippen molar-refractivity contribution in [1.82, 2.24) is 29.8 Å². The monoisotopic (exact) mass is 457 g/mol. The van der Waals surface area contributed by atoms with Gasteiger partial charge in [-0.05, 0) is 51.0 Å². The van der Waals surface area contributed by atoms with Crippen molar-refractivity contribution in [3.8, 4) is 11.5 Å². The number of aryl methyl sites for hydroxylation is 1. The fraction of sp³-hybridized carbons (Fsp3) is 0.364. The van der Waals surface area contributed by atoms with Gasteiger partial charge in [-0.15, -0.1) is 0 Å². The van der Waals surface area contributed by atoms with Crippen LogP contribution in [-0.4, -0.2) is 54.4 Å². The summed E-state index contributed by atoms with van der Waals surface area (Å²) in [6.07, 6.45) is 0.999. The highest BCUT2D eigenvalue weighted by molar-refractivity contribution is 5.99. The molecule has 4 heterocycles. The number of hydrogen-bond donors (Lipinski definition) is 1. The molecule has 11 heteroatoms. The van der Waals surface area contributed by atoms with Crippen LogP contribution in [0.5, 0.6) is 0 Å². The molecule has 3 aromatic rings. The van der Waals surface area contributed by atoms with E-state index in [1.807, 2.05) is 13.8 Å². The van der Waals surface area contributed by atoms with Gasteiger partial charge in [0, 0.05) is 42.9 Å². The van der Waals surface area contributed by atoms with Gasteiger partial charge in [0.2, 0.25) is 5.95 Å². The van der Waals surface area contributed by atoms with E-state index in [2.05, 4.69) is 30.2 Å². The van der Waals surface area contributed by atoms with Crippen LogP contribution in [0.1, 0.15) is 41.5 Å². The van der Waals surface area contributed by atoms with E-state index in [-0.39, 0.29) is 23.9 Å². The first-order valence-electron chi connectivity index (χ1n) is 10.5. The molecule has 2 atom stereocenters. The molecule has 0 aromatic carbocycles. The van der Waals surface area contributed by atoms with E-state index in [4.69, 9.17) is 0 Å². The summed E-state index contributed by atoms with van der Waals surface area (Å²) in [5.74, 6) is -0.0125. The molecule has 0 bridgehead atoms. The van der Waals surface area contributed by atoms with Gasteiger partial charge in [-0.2, -0.15) is 13.2 Å². The number of anilines is 1. The van der Waals surface area contributed by atoms with Crippen molar-refractivity contribution < 1.29 is 18.0 Å². The summed E-state index contributed by atoms with van der Waals surface area (Å²) in [5.41, 5.74) is 0.468. The molecule has 0 spiro atoms. The second-order valence-electron chi connectivity index (χ2n) is 7.82. The first-order valence-corrected chi connectivity index (χ1v) is 10.5. The van der Waals surface area contributed by atoms with E-state index in [0.717, 1.165) is 18.0 Å². The number of nitrogens with one attached hydrogen (secondary N) is 1. The molecule has 0 saturated carbocycles. The van der Waals surface area contributed by atoms with Crippen LogP contribution in [0, 0.1) is 6.92 Å². The molecule has 0 radical (unpaired) electrons. The minimum absolute atomic E-state index is 0.119. The molecule has 4 rings (SSSR count). The maximum Gasteiger partial charge on any atom is 0.433 e. The zero-order valence-electron chi connectivity index (χ0n) is 18.0. The Hall–Kier alpha value is -3.63. The number of piperidine rings is 1. The van der Waals surface area contributed by atoms with Crippen LogP contribution in [0.25, 0.3) is 11.5 Å². The molecule has 0 unspecified atom stereocenters. The third-order valence-electron chi connectivity index (χ3n) is 5.55. The van der Waals surface area contributed by atoms with Gasteiger partial charge in [-0.25, -0.2) is 24.9 Å². The Morgan fingerprint density at radius 3 is 2.58 bits per heavy atom. The lowest BCUT2D eigenvalue weighted by Gasteiger charge is -2.40. The maximum atomic E-state index is 13.5. The maximum absolute atomic E-state index is 13.5. The Balaban J connectivity index is 1.58. The number of pyridine rings is 1. The molecular weight excluding hydrogens is 435 g/mol. The average molecular weight is 457 g/mol. The van der Waals surface area contributed by atoms with Crippen LogP contribution >= 0.6 is 0 Å². The predicted molar refractivity (Wildman–Crippen MR) is 114 cm³/mol. The Kier molecular flexibility index (Phi) is 6.21. The average Bonchev–Trinajstić information content (AvgIpc) is 2.80. The molecule has 1 N–H and O–H groups in total. The second-order valence-corrected chi connectivity index (χ2v) is 7.82. The molecule has 0 aliphatic carbocycles. The van der Waals surface area contributed by atoms with Gasteiger partial charge in [0.15, 0.2) is 5.82 Å². The van der Waals surface area contributed by atoms with Crippen LogP contribution in [-0.2, 0) is 6.18 Å². The summed E-state index contributed by atoms with van der Waals surface area (Å²) in [6.45, 7) is 4.17. The SMILES string of the molecule is Cc1ccc(C(=O)N2CCC[C@@H](Nc3nccc(C(F)(F)F)n3)[C@@H]2C)c(-c2ncccn2)n1. The number of nitrogens with zero attached hydrogens (tertiary/aromatic N) is 6. The van der Waals surface area contributed by atoms with Crippen molar-refractivity contribution in [3.05, 3.63) is 59.8 Å². The van der Waals surface area contributed by atoms with E-state index in [1.165, 1.54) is 0 Å². The number of carbonyl (C=O) groups excluding carboxylic acids is 1. The van der Waals surface area contributed by atoms with Gasteiger partial charge in [0.05, 0.1) is 5.56 Å². The predicted octanol–water partition coefficient (Wildman–Crippen LogP) is 3.76. The smallest absolute Gasteiger partial charge is 0.349 e. The summed E-state index contributed by atoms with van der Waals surface area (Å²) in [5, 5.41) is 2.98. The van der Waals surface area contributed by atoms with Crippen LogP contribution in [0.2, 0.25) is 0 Å². The molecule has 1 amide bonds. The Labute approximate surface area is 188 Å². The molecule has 1 aliphatic heterocycles. The Morgan fingerprint density at radius 1 is 1.09 bits per heavy atom. The molecular formula is C22H22F3N7O. The zero-order valence-corrected chi connectivity index (χ0v) is 18.0. The minimum atomic E-state index is -4.56. The standard InChI is InChI=1S/C22H22F3N7O/c1-13-6-7-15(18(29-13)19-26-9-4-10-27-19)20(33)32-12-3-5-16(14(32)2)30-21-28-11-8-17(31-21)22(23,24)25/h4,6-11,14,16H,3,5,12H2,1-2H3,(H,28,30,31)/t14-,16+/m0/s1. The number of likely N-dealkylation sites (tertiary alicyclic amines) is 1. The number of aromatic nitrogens is 5. The minimum Gasteiger partial charge on any atom is -0.349 e. The van der Waals surface area contributed by atoms with Crippen LogP contribution in [0.15, 0.2) is 42.9 Å². The third-order valence-corrected chi connectivity index (χ3v) is 5.55. The molecule has 1 saturated heterocycles. The highest BCUT2D eigenvalue weighted by Crippen LogP contribution is 2.29. The topological polar surface area (TPSA) is 96.8 Å². The van der Waals surface area contributed by atoms with Gasteiger partial charge < -0.3 is 10.2 Å². The lowest BCUT2D eigenvalue weighted by Crippen LogP contribution is -2.52. The fourth-order valence-electron chi connectivity index (χ4n) is 3.85. The number of hydrogen-bond acceptors (Lipinski definition) is 7. The van der Waals surface area contributed by atoms with Gasteiger partial charge >= 0.3 is 6.18 Å². The van der Waals surface area contributed by atoms with Gasteiger partial charge in [-0.3, -0.25) is 4.79 Å². The molecule has 172 valence electrons. The number of halogens is 3. The first-order chi connectivity index (χ1) is 15.7. The van der Waals surface area contributed by atoms with Crippen molar-refractivity contribution in [2.24, 2.45) is 0 Å². The highest BCUT2D eigenvalue weighted by atomic mass is 19.4. The number of carbonyl (C=O) groups is 1. The van der Waals surface area contributed by atoms with E-state index in [9.17, 15) is 18.0 Å². The summed E-state index contributed by atoms with van der Waals surface area (Å²) < 4.78 is 39.0. The normalized spacial score (nSPS) is 18.8. The van der Waals surface area contributed by atoms with Crippen LogP contribution in [0.3, 0.4) is 0 Å². The van der Waals surface area contributed by atoms with Crippen molar-refractivity contribution in [1.29, 1.82) is 0 Å². The number of alkyl halides is 3. The number of amides is 1. The molecule has 1 aliphatic rings. The lowest BCUT2D eigenvalue weighted by atomic mass is 9.96. The van der Waals surface area contributed by atoms with Gasteiger partial charge in [0.1, 0.15) is 11.4 Å². The van der Waals surface area contributed by atoms with Gasteiger partial charge in [-0.1, -0.05) is 0 Å². The molecule has 33 heavy (non-hydrogen) atoms. The summed E-state index contributed by atoms with van der Waals surface area (Å²) in [7, 11) is 0. The summed E-state index contributed by atoms with van der Waals surface area (Å²) in [6, 6.07) is 5.32. The van der Waals surface area contributed by atoms with Crippen molar-refractivity contribution in [3.63, 3.8) is 0 Å². The van der Waals surface area contributed by atoms with E-state index in [1.54, 1.807) is 35.5 Å². The van der Waals surface area contributed by atoms with Crippen molar-refractivity contribution >= 4 is 11.9 Å². The van der Waals surface area contributed by atoms with Gasteiger partial charge in [0.25, 0.3) is 5.91 Å². The zero-order chi connectivity index (χ0) is 23.6. The molecule has 1 fully saturated rings. The summed E-state index contributed by atoms with van der Waals surface area (Å²) >= 11 is 0. The quantitative estimate of drug-likeness (QED) is 0.637. The molecule has 3 aromatic heterocycles. The van der Waals surface area contributed by atoms with Crippen molar-refractivity contribution in [2.45, 2.75) is 44.9 Å². The third kappa shape index (κ3) is 4.91. The first kappa shape index (κ1) is 22.6. The largest absolute Gasteiger partial charge is 0.433 e. The fourth-order valence-corrected chi connectivity index (χ4v) is 3.85. The van der Waals surface area contributed by atoms with E-state index < -0.39 is 11.9 Å². The van der Waals surface area contributed by atoms with Crippen molar-refractivity contribution in [2.75, 3.05) is 11.9 Å². The van der Waals surface area contributed by atoms with Crippen LogP contribution < -0.4 is 5.32 Å². The van der Waals surface area contributed by atoms with E-state index in [0.29, 0.717) is 36.5 Å². The lowest BCUT2D eigenvalue weighted by molar-refractivity contribution is -0.141. The molecule has 8 nitrogen and oxygen atoms in total. The number of rotatable bonds is 4. The van der Waals surface area contributed by atoms with Crippen LogP contribution in [0.4, 0.5) is 19.1 Å². The Morgan fingerprint density at radius 2 is 1.85 bits per heavy atom. The highest BCUT2D eigenvalue weighted by Gasteiger charge is 2.35. The summed E-state index contributed by atoms with van der Waals surface area (Å²) in [4.78, 5) is 35.7. The second kappa shape index (κ2) is 9.08. The Bertz CT molecular complexity index is 1140.